The fourth-order valence-electron chi connectivity index (χ4n) is 1.94. The van der Waals surface area contributed by atoms with E-state index in [2.05, 4.69) is 12.2 Å². The molecular weight excluding hydrogens is 184 g/mol. The molecule has 0 radical (unpaired) electrons. The van der Waals surface area contributed by atoms with E-state index in [-0.39, 0.29) is 6.04 Å². The van der Waals surface area contributed by atoms with Gasteiger partial charge in [0.1, 0.15) is 11.6 Å². The predicted molar refractivity (Wildman–Crippen MR) is 50.9 cm³/mol. The second-order valence-electron chi connectivity index (χ2n) is 4.00. The third kappa shape index (κ3) is 1.93. The van der Waals surface area contributed by atoms with E-state index in [1.165, 1.54) is 12.1 Å². The van der Waals surface area contributed by atoms with Gasteiger partial charge in [-0.2, -0.15) is 0 Å². The summed E-state index contributed by atoms with van der Waals surface area (Å²) in [6.45, 7) is 3.05. The van der Waals surface area contributed by atoms with E-state index < -0.39 is 11.6 Å². The molecule has 1 heterocycles. The fourth-order valence-corrected chi connectivity index (χ4v) is 1.94. The van der Waals surface area contributed by atoms with E-state index in [1.54, 1.807) is 0 Å². The minimum Gasteiger partial charge on any atom is -0.310 e. The van der Waals surface area contributed by atoms with Crippen molar-refractivity contribution in [2.24, 2.45) is 5.92 Å². The summed E-state index contributed by atoms with van der Waals surface area (Å²) in [6, 6.07) is 3.81. The molecule has 1 aliphatic heterocycles. The Kier molecular flexibility index (Phi) is 2.50. The summed E-state index contributed by atoms with van der Waals surface area (Å²) < 4.78 is 25.8. The lowest BCUT2D eigenvalue weighted by Crippen LogP contribution is -2.13. The van der Waals surface area contributed by atoms with E-state index in [4.69, 9.17) is 0 Å². The molecule has 0 aromatic heterocycles. The van der Waals surface area contributed by atoms with Crippen LogP contribution < -0.4 is 5.32 Å². The smallest absolute Gasteiger partial charge is 0.126 e. The van der Waals surface area contributed by atoms with Crippen LogP contribution in [0.4, 0.5) is 8.78 Å². The van der Waals surface area contributed by atoms with Crippen LogP contribution in [0.2, 0.25) is 0 Å². The quantitative estimate of drug-likeness (QED) is 0.729. The Hall–Kier alpha value is -0.960. The molecule has 3 heteroatoms. The molecule has 76 valence electrons. The SMILES string of the molecule is CC1CNC(c2cc(F)cc(F)c2)C1. The number of rotatable bonds is 1. The molecule has 1 nitrogen and oxygen atoms in total. The number of benzene rings is 1. The van der Waals surface area contributed by atoms with E-state index in [9.17, 15) is 8.78 Å². The van der Waals surface area contributed by atoms with Crippen molar-refractivity contribution in [3.63, 3.8) is 0 Å². The summed E-state index contributed by atoms with van der Waals surface area (Å²) in [5.74, 6) is -0.422. The summed E-state index contributed by atoms with van der Waals surface area (Å²) >= 11 is 0. The van der Waals surface area contributed by atoms with Crippen LogP contribution in [-0.2, 0) is 0 Å². The van der Waals surface area contributed by atoms with Crippen molar-refractivity contribution < 1.29 is 8.78 Å². The van der Waals surface area contributed by atoms with Crippen LogP contribution in [0.15, 0.2) is 18.2 Å². The standard InChI is InChI=1S/C11H13F2N/c1-7-2-11(14-6-7)8-3-9(12)5-10(13)4-8/h3-5,7,11,14H,2,6H2,1H3. The number of hydrogen-bond acceptors (Lipinski definition) is 1. The Bertz CT molecular complexity index is 318. The molecule has 1 aliphatic rings. The van der Waals surface area contributed by atoms with Gasteiger partial charge in [0.05, 0.1) is 0 Å². The molecule has 0 spiro atoms. The summed E-state index contributed by atoms with van der Waals surface area (Å²) in [5.41, 5.74) is 0.715. The lowest BCUT2D eigenvalue weighted by molar-refractivity contribution is 0.561. The van der Waals surface area contributed by atoms with Gasteiger partial charge >= 0.3 is 0 Å². The maximum absolute atomic E-state index is 12.9. The average molecular weight is 197 g/mol. The van der Waals surface area contributed by atoms with Crippen molar-refractivity contribution in [1.82, 2.24) is 5.32 Å². The molecule has 0 amide bonds. The third-order valence-electron chi connectivity index (χ3n) is 2.64. The Labute approximate surface area is 82.1 Å². The third-order valence-corrected chi connectivity index (χ3v) is 2.64. The van der Waals surface area contributed by atoms with Crippen LogP contribution in [0.1, 0.15) is 24.9 Å². The first-order chi connectivity index (χ1) is 6.65. The van der Waals surface area contributed by atoms with Crippen LogP contribution in [0, 0.1) is 17.6 Å². The molecule has 0 aliphatic carbocycles. The van der Waals surface area contributed by atoms with Crippen LogP contribution in [0.3, 0.4) is 0 Å². The maximum atomic E-state index is 12.9. The summed E-state index contributed by atoms with van der Waals surface area (Å²) in [4.78, 5) is 0. The van der Waals surface area contributed by atoms with Gasteiger partial charge in [-0.15, -0.1) is 0 Å². The second-order valence-corrected chi connectivity index (χ2v) is 4.00. The first-order valence-corrected chi connectivity index (χ1v) is 4.84. The van der Waals surface area contributed by atoms with Crippen LogP contribution in [-0.4, -0.2) is 6.54 Å². The highest BCUT2D eigenvalue weighted by atomic mass is 19.1. The molecule has 1 aromatic rings. The van der Waals surface area contributed by atoms with Crippen LogP contribution >= 0.6 is 0 Å². The predicted octanol–water partition coefficient (Wildman–Crippen LogP) is 2.64. The topological polar surface area (TPSA) is 12.0 Å². The van der Waals surface area contributed by atoms with Crippen LogP contribution in [0.5, 0.6) is 0 Å². The zero-order chi connectivity index (χ0) is 10.1. The van der Waals surface area contributed by atoms with Crippen molar-refractivity contribution in [2.45, 2.75) is 19.4 Å². The van der Waals surface area contributed by atoms with Gasteiger partial charge in [-0.25, -0.2) is 8.78 Å². The highest BCUT2D eigenvalue weighted by molar-refractivity contribution is 5.22. The van der Waals surface area contributed by atoms with Gasteiger partial charge in [-0.1, -0.05) is 6.92 Å². The van der Waals surface area contributed by atoms with Gasteiger partial charge in [0.25, 0.3) is 0 Å². The summed E-state index contributed by atoms with van der Waals surface area (Å²) in [5, 5.41) is 3.24. The minimum atomic E-state index is -0.499. The van der Waals surface area contributed by atoms with E-state index in [0.29, 0.717) is 11.5 Å². The molecule has 2 atom stereocenters. The van der Waals surface area contributed by atoms with Gasteiger partial charge < -0.3 is 5.32 Å². The monoisotopic (exact) mass is 197 g/mol. The maximum Gasteiger partial charge on any atom is 0.126 e. The largest absolute Gasteiger partial charge is 0.310 e. The van der Waals surface area contributed by atoms with Crippen molar-refractivity contribution in [3.05, 3.63) is 35.4 Å². The highest BCUT2D eigenvalue weighted by Gasteiger charge is 2.22. The normalized spacial score (nSPS) is 26.8. The Balaban J connectivity index is 2.23. The number of hydrogen-bond donors (Lipinski definition) is 1. The highest BCUT2D eigenvalue weighted by Crippen LogP contribution is 2.27. The van der Waals surface area contributed by atoms with Crippen molar-refractivity contribution >= 4 is 0 Å². The lowest BCUT2D eigenvalue weighted by atomic mass is 10.0. The first kappa shape index (κ1) is 9.59. The molecule has 0 bridgehead atoms. The second kappa shape index (κ2) is 3.65. The molecule has 1 N–H and O–H groups in total. The van der Waals surface area contributed by atoms with Crippen molar-refractivity contribution in [3.8, 4) is 0 Å². The van der Waals surface area contributed by atoms with Gasteiger partial charge in [-0.05, 0) is 36.6 Å². The zero-order valence-electron chi connectivity index (χ0n) is 8.06. The van der Waals surface area contributed by atoms with E-state index in [1.807, 2.05) is 0 Å². The van der Waals surface area contributed by atoms with Gasteiger partial charge in [0.15, 0.2) is 0 Å². The van der Waals surface area contributed by atoms with E-state index >= 15 is 0 Å². The average Bonchev–Trinajstić information content (AvgIpc) is 2.50. The van der Waals surface area contributed by atoms with Crippen molar-refractivity contribution in [2.75, 3.05) is 6.54 Å². The van der Waals surface area contributed by atoms with Gasteiger partial charge in [-0.3, -0.25) is 0 Å². The number of nitrogens with one attached hydrogen (secondary N) is 1. The fraction of sp³-hybridized carbons (Fsp3) is 0.455. The number of halogens is 2. The summed E-state index contributed by atoms with van der Waals surface area (Å²) in [7, 11) is 0. The first-order valence-electron chi connectivity index (χ1n) is 4.84. The molecule has 1 saturated heterocycles. The molecule has 2 unspecified atom stereocenters. The molecule has 2 rings (SSSR count). The lowest BCUT2D eigenvalue weighted by Gasteiger charge is -2.10. The summed E-state index contributed by atoms with van der Waals surface area (Å²) in [6.07, 6.45) is 0.947. The van der Waals surface area contributed by atoms with Crippen molar-refractivity contribution in [1.29, 1.82) is 0 Å². The Morgan fingerprint density at radius 2 is 1.86 bits per heavy atom. The van der Waals surface area contributed by atoms with Gasteiger partial charge in [0, 0.05) is 12.1 Å². The molecule has 0 saturated carbocycles. The van der Waals surface area contributed by atoms with Crippen LogP contribution in [0.25, 0.3) is 0 Å². The van der Waals surface area contributed by atoms with E-state index in [0.717, 1.165) is 19.0 Å². The molecular formula is C11H13F2N. The Morgan fingerprint density at radius 3 is 2.36 bits per heavy atom. The molecule has 14 heavy (non-hydrogen) atoms. The minimum absolute atomic E-state index is 0.107. The molecule has 1 fully saturated rings. The zero-order valence-corrected chi connectivity index (χ0v) is 8.06. The Morgan fingerprint density at radius 1 is 1.21 bits per heavy atom. The molecule has 1 aromatic carbocycles. The van der Waals surface area contributed by atoms with Gasteiger partial charge in [0.2, 0.25) is 0 Å².